The lowest BCUT2D eigenvalue weighted by Crippen LogP contribution is -1.94. The molecule has 0 aliphatic heterocycles. The van der Waals surface area contributed by atoms with Crippen molar-refractivity contribution in [2.45, 2.75) is 0 Å². The molecule has 110 valence electrons. The standard InChI is InChI=1S/C15H11FN4O2/c16-9-3-6-11-12(7-9)18-15(22)13(11)19-20-14(21)8-1-4-10(17)5-2-8/h1-7,18,22H,17H2. The molecule has 3 aromatic rings. The van der Waals surface area contributed by atoms with Crippen LogP contribution in [-0.2, 0) is 0 Å². The van der Waals surface area contributed by atoms with Crippen molar-refractivity contribution in [3.8, 4) is 5.88 Å². The number of nitrogens with one attached hydrogen (secondary N) is 1. The van der Waals surface area contributed by atoms with E-state index in [1.807, 2.05) is 0 Å². The minimum atomic E-state index is -0.573. The third-order valence-electron chi connectivity index (χ3n) is 3.11. The molecule has 1 amide bonds. The Morgan fingerprint density at radius 2 is 1.91 bits per heavy atom. The average Bonchev–Trinajstić information content (AvgIpc) is 2.80. The summed E-state index contributed by atoms with van der Waals surface area (Å²) in [5.41, 5.74) is 6.84. The summed E-state index contributed by atoms with van der Waals surface area (Å²) in [6, 6.07) is 10.1. The van der Waals surface area contributed by atoms with Crippen LogP contribution in [-0.4, -0.2) is 16.0 Å². The van der Waals surface area contributed by atoms with E-state index >= 15 is 0 Å². The number of nitrogens with zero attached hydrogens (tertiary/aromatic N) is 2. The molecule has 0 spiro atoms. The monoisotopic (exact) mass is 298 g/mol. The molecular weight excluding hydrogens is 287 g/mol. The number of aromatic hydroxyl groups is 1. The van der Waals surface area contributed by atoms with Crippen molar-refractivity contribution in [2.24, 2.45) is 10.2 Å². The molecule has 0 fully saturated rings. The number of anilines is 1. The van der Waals surface area contributed by atoms with Crippen molar-refractivity contribution in [2.75, 3.05) is 5.73 Å². The van der Waals surface area contributed by atoms with Gasteiger partial charge in [0.05, 0.1) is 5.52 Å². The van der Waals surface area contributed by atoms with Crippen LogP contribution >= 0.6 is 0 Å². The van der Waals surface area contributed by atoms with Crippen LogP contribution in [0.1, 0.15) is 10.4 Å². The summed E-state index contributed by atoms with van der Waals surface area (Å²) in [4.78, 5) is 14.5. The Morgan fingerprint density at radius 1 is 1.18 bits per heavy atom. The number of aromatic nitrogens is 1. The van der Waals surface area contributed by atoms with E-state index < -0.39 is 11.7 Å². The fourth-order valence-electron chi connectivity index (χ4n) is 2.02. The minimum absolute atomic E-state index is 0.0822. The van der Waals surface area contributed by atoms with Crippen LogP contribution in [0.3, 0.4) is 0 Å². The number of hydrogen-bond acceptors (Lipinski definition) is 4. The van der Waals surface area contributed by atoms with E-state index in [-0.39, 0.29) is 11.6 Å². The second-order valence-corrected chi connectivity index (χ2v) is 4.64. The molecule has 0 bridgehead atoms. The second kappa shape index (κ2) is 5.28. The van der Waals surface area contributed by atoms with Gasteiger partial charge < -0.3 is 15.8 Å². The summed E-state index contributed by atoms with van der Waals surface area (Å²) >= 11 is 0. The molecular formula is C15H11FN4O2. The largest absolute Gasteiger partial charge is 0.493 e. The van der Waals surface area contributed by atoms with Gasteiger partial charge in [-0.1, -0.05) is 0 Å². The van der Waals surface area contributed by atoms with Crippen molar-refractivity contribution in [3.63, 3.8) is 0 Å². The number of amides is 1. The van der Waals surface area contributed by atoms with Gasteiger partial charge in [-0.05, 0) is 42.5 Å². The molecule has 7 heteroatoms. The molecule has 6 nitrogen and oxygen atoms in total. The highest BCUT2D eigenvalue weighted by Crippen LogP contribution is 2.35. The Kier molecular flexibility index (Phi) is 3.30. The predicted molar refractivity (Wildman–Crippen MR) is 79.6 cm³/mol. The molecule has 0 unspecified atom stereocenters. The highest BCUT2D eigenvalue weighted by Gasteiger charge is 2.12. The van der Waals surface area contributed by atoms with E-state index in [0.717, 1.165) is 0 Å². The quantitative estimate of drug-likeness (QED) is 0.498. The van der Waals surface area contributed by atoms with Crippen LogP contribution < -0.4 is 5.73 Å². The first kappa shape index (κ1) is 13.7. The topological polar surface area (TPSA) is 104 Å². The van der Waals surface area contributed by atoms with Crippen LogP contribution in [0.4, 0.5) is 15.8 Å². The van der Waals surface area contributed by atoms with E-state index in [1.165, 1.54) is 30.3 Å². The molecule has 0 radical (unpaired) electrons. The van der Waals surface area contributed by atoms with Crippen molar-refractivity contribution in [3.05, 3.63) is 53.8 Å². The molecule has 2 aromatic carbocycles. The van der Waals surface area contributed by atoms with Crippen molar-refractivity contribution in [1.82, 2.24) is 4.98 Å². The number of azo groups is 1. The molecule has 1 heterocycles. The van der Waals surface area contributed by atoms with Gasteiger partial charge in [0.1, 0.15) is 5.82 Å². The van der Waals surface area contributed by atoms with E-state index in [0.29, 0.717) is 22.2 Å². The summed E-state index contributed by atoms with van der Waals surface area (Å²) in [6.07, 6.45) is 0. The normalized spacial score (nSPS) is 11.3. The van der Waals surface area contributed by atoms with Crippen molar-refractivity contribution in [1.29, 1.82) is 0 Å². The Labute approximate surface area is 124 Å². The summed E-state index contributed by atoms with van der Waals surface area (Å²) in [7, 11) is 0. The van der Waals surface area contributed by atoms with Crippen molar-refractivity contribution >= 4 is 28.2 Å². The first-order chi connectivity index (χ1) is 10.5. The van der Waals surface area contributed by atoms with Crippen LogP contribution in [0.15, 0.2) is 52.7 Å². The number of nitrogens with two attached hydrogens (primary N) is 1. The molecule has 1 aromatic heterocycles. The Bertz CT molecular complexity index is 884. The van der Waals surface area contributed by atoms with Gasteiger partial charge in [-0.2, -0.15) is 0 Å². The van der Waals surface area contributed by atoms with Gasteiger partial charge in [-0.25, -0.2) is 4.39 Å². The zero-order valence-corrected chi connectivity index (χ0v) is 11.2. The van der Waals surface area contributed by atoms with E-state index in [1.54, 1.807) is 12.1 Å². The lowest BCUT2D eigenvalue weighted by Gasteiger charge is -1.95. The number of aromatic amines is 1. The zero-order chi connectivity index (χ0) is 15.7. The molecule has 0 aliphatic rings. The maximum Gasteiger partial charge on any atom is 0.295 e. The van der Waals surface area contributed by atoms with Gasteiger partial charge in [0.25, 0.3) is 5.91 Å². The Balaban J connectivity index is 1.94. The number of rotatable bonds is 2. The number of carbonyl (C=O) groups excluding carboxylic acids is 1. The summed E-state index contributed by atoms with van der Waals surface area (Å²) < 4.78 is 13.1. The summed E-state index contributed by atoms with van der Waals surface area (Å²) in [5, 5.41) is 17.6. The molecule has 0 saturated carbocycles. The second-order valence-electron chi connectivity index (χ2n) is 4.64. The number of benzene rings is 2. The average molecular weight is 298 g/mol. The van der Waals surface area contributed by atoms with Crippen molar-refractivity contribution < 1.29 is 14.3 Å². The molecule has 0 aliphatic carbocycles. The Hall–Kier alpha value is -3.22. The molecule has 3 rings (SSSR count). The van der Waals surface area contributed by atoms with Crippen LogP contribution in [0, 0.1) is 5.82 Å². The van der Waals surface area contributed by atoms with Gasteiger partial charge in [-0.3, -0.25) is 4.79 Å². The maximum absolute atomic E-state index is 13.1. The first-order valence-electron chi connectivity index (χ1n) is 6.36. The number of carbonyl (C=O) groups is 1. The predicted octanol–water partition coefficient (Wildman–Crippen LogP) is 3.52. The fraction of sp³-hybridized carbons (Fsp3) is 0. The number of halogens is 1. The smallest absolute Gasteiger partial charge is 0.295 e. The third kappa shape index (κ3) is 2.51. The van der Waals surface area contributed by atoms with Crippen LogP contribution in [0.5, 0.6) is 5.88 Å². The molecule has 4 N–H and O–H groups in total. The van der Waals surface area contributed by atoms with Gasteiger partial charge in [-0.15, -0.1) is 10.2 Å². The highest BCUT2D eigenvalue weighted by atomic mass is 19.1. The fourth-order valence-corrected chi connectivity index (χ4v) is 2.02. The lowest BCUT2D eigenvalue weighted by molar-refractivity contribution is 0.0995. The highest BCUT2D eigenvalue weighted by molar-refractivity contribution is 5.97. The lowest BCUT2D eigenvalue weighted by atomic mass is 10.2. The van der Waals surface area contributed by atoms with Gasteiger partial charge in [0.15, 0.2) is 5.69 Å². The minimum Gasteiger partial charge on any atom is -0.493 e. The van der Waals surface area contributed by atoms with E-state index in [9.17, 15) is 14.3 Å². The number of nitrogen functional groups attached to an aromatic ring is 1. The van der Waals surface area contributed by atoms with Crippen LogP contribution in [0.2, 0.25) is 0 Å². The van der Waals surface area contributed by atoms with Gasteiger partial charge >= 0.3 is 0 Å². The Morgan fingerprint density at radius 3 is 2.64 bits per heavy atom. The zero-order valence-electron chi connectivity index (χ0n) is 11.2. The third-order valence-corrected chi connectivity index (χ3v) is 3.11. The summed E-state index contributed by atoms with van der Waals surface area (Å²) in [5.74, 6) is -1.31. The SMILES string of the molecule is Nc1ccc(C(=O)N=Nc2c(O)[nH]c3cc(F)ccc23)cc1. The first-order valence-corrected chi connectivity index (χ1v) is 6.36. The van der Waals surface area contributed by atoms with E-state index in [2.05, 4.69) is 15.2 Å². The number of fused-ring (bicyclic) bond motifs is 1. The summed E-state index contributed by atoms with van der Waals surface area (Å²) in [6.45, 7) is 0. The molecule has 0 atom stereocenters. The molecule has 22 heavy (non-hydrogen) atoms. The maximum atomic E-state index is 13.1. The number of hydrogen-bond donors (Lipinski definition) is 3. The van der Waals surface area contributed by atoms with E-state index in [4.69, 9.17) is 5.73 Å². The van der Waals surface area contributed by atoms with Gasteiger partial charge in [0.2, 0.25) is 5.88 Å². The molecule has 0 saturated heterocycles. The van der Waals surface area contributed by atoms with Gasteiger partial charge in [0, 0.05) is 16.6 Å². The number of H-pyrrole nitrogens is 1. The van der Waals surface area contributed by atoms with Crippen LogP contribution in [0.25, 0.3) is 10.9 Å².